The number of hydrogen-bond acceptors (Lipinski definition) is 4. The Morgan fingerprint density at radius 2 is 2.29 bits per heavy atom. The number of nitriles is 1. The van der Waals surface area contributed by atoms with Gasteiger partial charge in [-0.25, -0.2) is 17.5 Å². The molecule has 1 aromatic carbocycles. The summed E-state index contributed by atoms with van der Waals surface area (Å²) < 4.78 is 46.0. The van der Waals surface area contributed by atoms with Gasteiger partial charge in [-0.05, 0) is 25.0 Å². The molecule has 0 amide bonds. The molecule has 1 heterocycles. The van der Waals surface area contributed by atoms with Crippen molar-refractivity contribution in [1.82, 2.24) is 4.72 Å². The maximum atomic E-state index is 13.5. The zero-order chi connectivity index (χ0) is 15.5. The Bertz CT molecular complexity index is 655. The molecule has 7 heteroatoms. The molecule has 2 atom stereocenters. The van der Waals surface area contributed by atoms with E-state index in [1.54, 1.807) is 6.07 Å². The van der Waals surface area contributed by atoms with Gasteiger partial charge in [-0.2, -0.15) is 5.26 Å². The summed E-state index contributed by atoms with van der Waals surface area (Å²) in [4.78, 5) is -0.322. The lowest BCUT2D eigenvalue weighted by Gasteiger charge is -2.17. The van der Waals surface area contributed by atoms with E-state index < -0.39 is 21.4 Å². The Labute approximate surface area is 123 Å². The second kappa shape index (κ2) is 6.52. The normalized spacial score (nSPS) is 22.1. The van der Waals surface area contributed by atoms with Crippen LogP contribution in [0.25, 0.3) is 0 Å². The van der Waals surface area contributed by atoms with Gasteiger partial charge in [0.2, 0.25) is 10.0 Å². The van der Waals surface area contributed by atoms with Gasteiger partial charge >= 0.3 is 0 Å². The third-order valence-corrected chi connectivity index (χ3v) is 5.13. The maximum absolute atomic E-state index is 13.5. The smallest absolute Gasteiger partial charge is 0.242 e. The van der Waals surface area contributed by atoms with Crippen LogP contribution in [0.3, 0.4) is 0 Å². The molecule has 1 fully saturated rings. The van der Waals surface area contributed by atoms with E-state index in [9.17, 15) is 12.8 Å². The van der Waals surface area contributed by atoms with E-state index in [1.165, 1.54) is 12.1 Å². The van der Waals surface area contributed by atoms with Crippen LogP contribution in [0.2, 0.25) is 0 Å². The number of hydrogen-bond donors (Lipinski definition) is 1. The first-order valence-electron chi connectivity index (χ1n) is 6.79. The highest BCUT2D eigenvalue weighted by Crippen LogP contribution is 2.24. The zero-order valence-corrected chi connectivity index (χ0v) is 12.5. The van der Waals surface area contributed by atoms with E-state index in [4.69, 9.17) is 10.00 Å². The van der Waals surface area contributed by atoms with Crippen molar-refractivity contribution in [2.45, 2.75) is 30.8 Å². The van der Waals surface area contributed by atoms with Crippen molar-refractivity contribution in [3.8, 4) is 6.07 Å². The molecular formula is C14H17FN2O3S. The summed E-state index contributed by atoms with van der Waals surface area (Å²) in [7, 11) is -3.91. The maximum Gasteiger partial charge on any atom is 0.242 e. The highest BCUT2D eigenvalue weighted by atomic mass is 32.2. The van der Waals surface area contributed by atoms with Crippen molar-refractivity contribution >= 4 is 10.0 Å². The highest BCUT2D eigenvalue weighted by Gasteiger charge is 2.29. The molecule has 0 radical (unpaired) electrons. The number of benzene rings is 1. The predicted molar refractivity (Wildman–Crippen MR) is 74.4 cm³/mol. The van der Waals surface area contributed by atoms with E-state index >= 15 is 0 Å². The molecule has 0 bridgehead atoms. The van der Waals surface area contributed by atoms with Crippen molar-refractivity contribution in [1.29, 1.82) is 5.26 Å². The van der Waals surface area contributed by atoms with E-state index in [0.717, 1.165) is 18.9 Å². The third kappa shape index (κ3) is 3.40. The van der Waals surface area contributed by atoms with Crippen LogP contribution in [0.1, 0.15) is 25.3 Å². The molecule has 114 valence electrons. The first-order chi connectivity index (χ1) is 9.99. The molecule has 1 aliphatic rings. The molecule has 21 heavy (non-hydrogen) atoms. The minimum atomic E-state index is -3.91. The predicted octanol–water partition coefficient (Wildman–Crippen LogP) is 1.79. The van der Waals surface area contributed by atoms with Crippen LogP contribution in [0, 0.1) is 23.1 Å². The van der Waals surface area contributed by atoms with Crippen LogP contribution in [0.15, 0.2) is 23.1 Å². The van der Waals surface area contributed by atoms with Gasteiger partial charge in [0, 0.05) is 19.1 Å². The SMILES string of the molecule is CCC1OCCC1CNS(=O)(=O)c1cccc(F)c1C#N. The van der Waals surface area contributed by atoms with Gasteiger partial charge in [0.1, 0.15) is 22.3 Å². The summed E-state index contributed by atoms with van der Waals surface area (Å²) >= 11 is 0. The summed E-state index contributed by atoms with van der Waals surface area (Å²) in [5, 5.41) is 8.92. The number of nitrogens with zero attached hydrogens (tertiary/aromatic N) is 1. The van der Waals surface area contributed by atoms with Gasteiger partial charge in [0.25, 0.3) is 0 Å². The Morgan fingerprint density at radius 1 is 1.52 bits per heavy atom. The molecule has 5 nitrogen and oxygen atoms in total. The quantitative estimate of drug-likeness (QED) is 0.899. The lowest BCUT2D eigenvalue weighted by atomic mass is 10.0. The molecule has 0 aliphatic carbocycles. The standard InChI is InChI=1S/C14H17FN2O3S/c1-2-13-10(6-7-20-13)9-17-21(18,19)14-5-3-4-12(15)11(14)8-16/h3-5,10,13,17H,2,6-7,9H2,1H3. The van der Waals surface area contributed by atoms with Crippen molar-refractivity contribution in [2.75, 3.05) is 13.2 Å². The second-order valence-corrected chi connectivity index (χ2v) is 6.68. The van der Waals surface area contributed by atoms with Crippen LogP contribution in [0.5, 0.6) is 0 Å². The number of ether oxygens (including phenoxy) is 1. The first-order valence-corrected chi connectivity index (χ1v) is 8.27. The summed E-state index contributed by atoms with van der Waals surface area (Å²) in [6.07, 6.45) is 1.64. The van der Waals surface area contributed by atoms with Crippen LogP contribution < -0.4 is 4.72 Å². The average Bonchev–Trinajstić information content (AvgIpc) is 2.92. The fraction of sp³-hybridized carbons (Fsp3) is 0.500. The lowest BCUT2D eigenvalue weighted by molar-refractivity contribution is 0.0884. The molecule has 2 rings (SSSR count). The molecule has 0 spiro atoms. The molecule has 0 saturated carbocycles. The summed E-state index contributed by atoms with van der Waals surface area (Å²) in [5.74, 6) is -0.736. The molecule has 0 aromatic heterocycles. The Kier molecular flexibility index (Phi) is 4.93. The van der Waals surface area contributed by atoms with E-state index in [-0.39, 0.29) is 23.5 Å². The third-order valence-electron chi connectivity index (χ3n) is 3.66. The van der Waals surface area contributed by atoms with Gasteiger partial charge in [-0.3, -0.25) is 0 Å². The number of rotatable bonds is 5. The highest BCUT2D eigenvalue weighted by molar-refractivity contribution is 7.89. The number of nitrogens with one attached hydrogen (secondary N) is 1. The molecular weight excluding hydrogens is 295 g/mol. The summed E-state index contributed by atoms with van der Waals surface area (Å²) in [6, 6.07) is 5.17. The zero-order valence-electron chi connectivity index (χ0n) is 11.7. The van der Waals surface area contributed by atoms with Gasteiger partial charge in [0.15, 0.2) is 0 Å². The molecule has 1 aliphatic heterocycles. The first kappa shape index (κ1) is 15.9. The van der Waals surface area contributed by atoms with Gasteiger partial charge in [-0.1, -0.05) is 13.0 Å². The van der Waals surface area contributed by atoms with Gasteiger partial charge < -0.3 is 4.74 Å². The largest absolute Gasteiger partial charge is 0.378 e. The van der Waals surface area contributed by atoms with Crippen molar-refractivity contribution in [2.24, 2.45) is 5.92 Å². The van der Waals surface area contributed by atoms with Crippen molar-refractivity contribution in [3.63, 3.8) is 0 Å². The Balaban J connectivity index is 2.16. The van der Waals surface area contributed by atoms with Crippen LogP contribution in [-0.4, -0.2) is 27.7 Å². The molecule has 1 saturated heterocycles. The Morgan fingerprint density at radius 3 is 2.95 bits per heavy atom. The number of halogens is 1. The fourth-order valence-corrected chi connectivity index (χ4v) is 3.77. The van der Waals surface area contributed by atoms with Crippen LogP contribution in [0.4, 0.5) is 4.39 Å². The van der Waals surface area contributed by atoms with E-state index in [2.05, 4.69) is 4.72 Å². The summed E-state index contributed by atoms with van der Waals surface area (Å²) in [6.45, 7) is 2.83. The second-order valence-electron chi connectivity index (χ2n) is 4.94. The van der Waals surface area contributed by atoms with Gasteiger partial charge in [-0.15, -0.1) is 0 Å². The van der Waals surface area contributed by atoms with E-state index in [0.29, 0.717) is 6.61 Å². The van der Waals surface area contributed by atoms with Crippen molar-refractivity contribution in [3.05, 3.63) is 29.6 Å². The monoisotopic (exact) mass is 312 g/mol. The van der Waals surface area contributed by atoms with Crippen LogP contribution in [-0.2, 0) is 14.8 Å². The number of sulfonamides is 1. The average molecular weight is 312 g/mol. The van der Waals surface area contributed by atoms with Gasteiger partial charge in [0.05, 0.1) is 6.10 Å². The minimum absolute atomic E-state index is 0.0376. The molecule has 1 N–H and O–H groups in total. The van der Waals surface area contributed by atoms with Crippen LogP contribution >= 0.6 is 0 Å². The fourth-order valence-electron chi connectivity index (χ4n) is 2.51. The Hall–Kier alpha value is -1.49. The molecule has 1 aromatic rings. The minimum Gasteiger partial charge on any atom is -0.378 e. The molecule has 2 unspecified atom stereocenters. The van der Waals surface area contributed by atoms with Crippen molar-refractivity contribution < 1.29 is 17.5 Å². The summed E-state index contributed by atoms with van der Waals surface area (Å²) in [5.41, 5.74) is -0.459. The topological polar surface area (TPSA) is 79.2 Å². The lowest BCUT2D eigenvalue weighted by Crippen LogP contribution is -2.33. The van der Waals surface area contributed by atoms with E-state index in [1.807, 2.05) is 6.92 Å².